The highest BCUT2D eigenvalue weighted by Gasteiger charge is 2.63. The Morgan fingerprint density at radius 1 is 1.14 bits per heavy atom. The minimum absolute atomic E-state index is 0.00818. The Kier molecular flexibility index (Phi) is 5.82. The van der Waals surface area contributed by atoms with Crippen molar-refractivity contribution >= 4 is 23.2 Å². The van der Waals surface area contributed by atoms with Crippen LogP contribution in [0.3, 0.4) is 0 Å². The zero-order chi connectivity index (χ0) is 26.6. The number of hydrogen-bond donors (Lipinski definition) is 5. The molecule has 0 saturated heterocycles. The van der Waals surface area contributed by atoms with Gasteiger partial charge in [0, 0.05) is 22.6 Å². The number of benzene rings is 2. The van der Waals surface area contributed by atoms with Gasteiger partial charge in [-0.25, -0.2) is 0 Å². The number of carbonyl (C=O) groups excluding carboxylic acids is 3. The molecule has 5 atom stereocenters. The first-order valence-electron chi connectivity index (χ1n) is 11.8. The molecule has 0 aliphatic heterocycles. The van der Waals surface area contributed by atoms with Gasteiger partial charge in [-0.15, -0.1) is 0 Å². The maximum atomic E-state index is 13.5. The van der Waals surface area contributed by atoms with Crippen LogP contribution in [0.5, 0.6) is 11.5 Å². The first-order chi connectivity index (χ1) is 17.6. The van der Waals surface area contributed by atoms with Gasteiger partial charge in [-0.3, -0.25) is 14.4 Å². The normalized spacial score (nSPS) is 28.4. The summed E-state index contributed by atoms with van der Waals surface area (Å²) in [5.41, 5.74) is 4.23. The number of nitrogens with two attached hydrogens (primary N) is 1. The summed E-state index contributed by atoms with van der Waals surface area (Å²) in [6.45, 7) is 0. The van der Waals surface area contributed by atoms with E-state index in [1.807, 2.05) is 6.07 Å². The third kappa shape index (κ3) is 3.68. The quantitative estimate of drug-likeness (QED) is 0.299. The second-order valence-corrected chi connectivity index (χ2v) is 9.71. The lowest BCUT2D eigenvalue weighted by atomic mass is 9.56. The van der Waals surface area contributed by atoms with Crippen molar-refractivity contribution in [1.82, 2.24) is 0 Å². The van der Waals surface area contributed by atoms with E-state index >= 15 is 0 Å². The van der Waals surface area contributed by atoms with Gasteiger partial charge >= 0.3 is 0 Å². The molecule has 2 aromatic rings. The monoisotopic (exact) mass is 503 g/mol. The standard InChI is InChI=1S/C28H25NO8/c1-37-17-4-2-3-13(9-17)5-6-14-7-8-19(30)22-18(14)11-15-10-16-12-20(31)23(27(29)35)26(34)28(16,36)25(33)21(15)24(22)32/h2-4,7-9,15-16,20,23,30-32,36H,10-12H2,1H3,(H2,29,35)/t15-,16+,20?,23?,28+/m1/s1. The number of amides is 1. The number of aliphatic hydroxyl groups excluding tert-OH is 2. The average molecular weight is 504 g/mol. The predicted octanol–water partition coefficient (Wildman–Crippen LogP) is 0.997. The van der Waals surface area contributed by atoms with Crippen LogP contribution < -0.4 is 10.5 Å². The number of rotatable bonds is 2. The van der Waals surface area contributed by atoms with Gasteiger partial charge in [0.05, 0.1) is 18.8 Å². The van der Waals surface area contributed by atoms with E-state index in [0.717, 1.165) is 0 Å². The Morgan fingerprint density at radius 2 is 1.89 bits per heavy atom. The van der Waals surface area contributed by atoms with Gasteiger partial charge in [0.1, 0.15) is 23.2 Å². The zero-order valence-electron chi connectivity index (χ0n) is 19.9. The summed E-state index contributed by atoms with van der Waals surface area (Å²) in [7, 11) is 1.55. The van der Waals surface area contributed by atoms with Gasteiger partial charge in [0.2, 0.25) is 11.7 Å². The van der Waals surface area contributed by atoms with Crippen molar-refractivity contribution in [3.63, 3.8) is 0 Å². The van der Waals surface area contributed by atoms with E-state index in [1.54, 1.807) is 31.4 Å². The van der Waals surface area contributed by atoms with E-state index in [1.165, 1.54) is 6.07 Å². The number of fused-ring (bicyclic) bond motifs is 3. The zero-order valence-corrected chi connectivity index (χ0v) is 19.9. The Labute approximate surface area is 212 Å². The molecule has 0 aromatic heterocycles. The summed E-state index contributed by atoms with van der Waals surface area (Å²) in [5.74, 6) is -0.720. The SMILES string of the molecule is COc1cccc(C#Cc2ccc(O)c3c2C[C@H]2C[C@H]4CC(O)C(C(N)=O)C(=O)[C@@]4(O)C(=O)C2=C3O)c1. The maximum Gasteiger partial charge on any atom is 0.230 e. The molecule has 3 aliphatic carbocycles. The molecule has 5 rings (SSSR count). The Hall–Kier alpha value is -4.13. The molecule has 2 aromatic carbocycles. The molecule has 0 heterocycles. The highest BCUT2D eigenvalue weighted by Crippen LogP contribution is 2.51. The van der Waals surface area contributed by atoms with Crippen LogP contribution in [0.2, 0.25) is 0 Å². The fourth-order valence-electron chi connectivity index (χ4n) is 5.88. The molecular weight excluding hydrogens is 478 g/mol. The smallest absolute Gasteiger partial charge is 0.230 e. The van der Waals surface area contributed by atoms with E-state index in [2.05, 4.69) is 11.8 Å². The fourth-order valence-corrected chi connectivity index (χ4v) is 5.88. The van der Waals surface area contributed by atoms with Gasteiger partial charge in [-0.05, 0) is 61.1 Å². The minimum Gasteiger partial charge on any atom is -0.507 e. The van der Waals surface area contributed by atoms with Crippen LogP contribution in [0, 0.1) is 29.6 Å². The van der Waals surface area contributed by atoms with Crippen LogP contribution in [0.1, 0.15) is 35.1 Å². The summed E-state index contributed by atoms with van der Waals surface area (Å²) in [5, 5.41) is 43.4. The lowest BCUT2D eigenvalue weighted by Crippen LogP contribution is -2.66. The third-order valence-corrected chi connectivity index (χ3v) is 7.68. The molecule has 3 aliphatic rings. The lowest BCUT2D eigenvalue weighted by Gasteiger charge is -2.48. The van der Waals surface area contributed by atoms with Gasteiger partial charge in [-0.1, -0.05) is 17.9 Å². The highest BCUT2D eigenvalue weighted by atomic mass is 16.5. The molecule has 9 nitrogen and oxygen atoms in total. The molecule has 1 amide bonds. The molecule has 9 heteroatoms. The molecule has 0 radical (unpaired) electrons. The van der Waals surface area contributed by atoms with Crippen LogP contribution in [0.15, 0.2) is 42.0 Å². The number of ketones is 2. The third-order valence-electron chi connectivity index (χ3n) is 7.68. The Morgan fingerprint density at radius 3 is 2.59 bits per heavy atom. The van der Waals surface area contributed by atoms with Gasteiger partial charge in [-0.2, -0.15) is 0 Å². The summed E-state index contributed by atoms with van der Waals surface area (Å²) in [6.07, 6.45) is -1.31. The van der Waals surface area contributed by atoms with E-state index in [4.69, 9.17) is 10.5 Å². The van der Waals surface area contributed by atoms with Gasteiger partial charge in [0.25, 0.3) is 0 Å². The second-order valence-electron chi connectivity index (χ2n) is 9.71. The van der Waals surface area contributed by atoms with Crippen molar-refractivity contribution < 1.29 is 39.5 Å². The van der Waals surface area contributed by atoms with E-state index in [9.17, 15) is 34.8 Å². The molecule has 0 bridgehead atoms. The van der Waals surface area contributed by atoms with Crippen LogP contribution in [-0.2, 0) is 20.8 Å². The van der Waals surface area contributed by atoms with Crippen molar-refractivity contribution in [1.29, 1.82) is 0 Å². The lowest BCUT2D eigenvalue weighted by molar-refractivity contribution is -0.174. The topological polar surface area (TPSA) is 167 Å². The van der Waals surface area contributed by atoms with Crippen LogP contribution in [0.25, 0.3) is 5.76 Å². The van der Waals surface area contributed by atoms with Crippen molar-refractivity contribution in [3.8, 4) is 23.3 Å². The molecule has 2 saturated carbocycles. The minimum atomic E-state index is -2.60. The van der Waals surface area contributed by atoms with E-state index in [0.29, 0.717) is 22.4 Å². The van der Waals surface area contributed by atoms with E-state index < -0.39 is 52.7 Å². The van der Waals surface area contributed by atoms with Crippen LogP contribution in [-0.4, -0.2) is 56.7 Å². The maximum absolute atomic E-state index is 13.5. The van der Waals surface area contributed by atoms with Crippen LogP contribution in [0.4, 0.5) is 0 Å². The number of phenolic OH excluding ortho intramolecular Hbond substituents is 1. The van der Waals surface area contributed by atoms with Crippen molar-refractivity contribution in [2.75, 3.05) is 7.11 Å². The number of Topliss-reactive ketones (excluding diaryl/α,β-unsaturated/α-hetero) is 2. The number of primary amides is 1. The number of aromatic hydroxyl groups is 1. The molecule has 2 fully saturated rings. The molecule has 6 N–H and O–H groups in total. The first kappa shape index (κ1) is 24.6. The van der Waals surface area contributed by atoms with Gasteiger partial charge < -0.3 is 30.9 Å². The highest BCUT2D eigenvalue weighted by molar-refractivity contribution is 6.24. The fraction of sp³-hybridized carbons (Fsp3) is 0.321. The molecule has 37 heavy (non-hydrogen) atoms. The summed E-state index contributed by atoms with van der Waals surface area (Å²) in [4.78, 5) is 38.4. The summed E-state index contributed by atoms with van der Waals surface area (Å²) < 4.78 is 5.22. The van der Waals surface area contributed by atoms with Crippen molar-refractivity contribution in [2.45, 2.75) is 31.0 Å². The number of ether oxygens (including phenoxy) is 1. The summed E-state index contributed by atoms with van der Waals surface area (Å²) in [6, 6.07) is 10.1. The second kappa shape index (κ2) is 8.76. The number of hydrogen-bond acceptors (Lipinski definition) is 8. The van der Waals surface area contributed by atoms with Gasteiger partial charge in [0.15, 0.2) is 11.4 Å². The van der Waals surface area contributed by atoms with Crippen molar-refractivity contribution in [2.24, 2.45) is 23.5 Å². The largest absolute Gasteiger partial charge is 0.507 e. The van der Waals surface area contributed by atoms with E-state index in [-0.39, 0.29) is 36.1 Å². The first-order valence-corrected chi connectivity index (χ1v) is 11.8. The molecule has 0 spiro atoms. The average Bonchev–Trinajstić information content (AvgIpc) is 2.85. The summed E-state index contributed by atoms with van der Waals surface area (Å²) >= 11 is 0. The van der Waals surface area contributed by atoms with Crippen molar-refractivity contribution in [3.05, 3.63) is 64.2 Å². The molecule has 2 unspecified atom stereocenters. The number of carbonyl (C=O) groups is 3. The Balaban J connectivity index is 1.60. The number of aliphatic hydroxyl groups is 3. The number of phenols is 1. The Bertz CT molecular complexity index is 1450. The van der Waals surface area contributed by atoms with Crippen LogP contribution >= 0.6 is 0 Å². The molecule has 190 valence electrons. The predicted molar refractivity (Wildman–Crippen MR) is 130 cm³/mol. The number of methoxy groups -OCH3 is 1. The molecular formula is C28H25NO8.